The molecule has 1 fully saturated rings. The lowest BCUT2D eigenvalue weighted by Gasteiger charge is -2.21. The second-order valence-corrected chi connectivity index (χ2v) is 6.00. The summed E-state index contributed by atoms with van der Waals surface area (Å²) >= 11 is 3.41. The van der Waals surface area contributed by atoms with E-state index in [0.29, 0.717) is 16.9 Å². The van der Waals surface area contributed by atoms with Crippen LogP contribution in [0.15, 0.2) is 22.7 Å². The Hall–Kier alpha value is -1.01. The van der Waals surface area contributed by atoms with E-state index < -0.39 is 0 Å². The second kappa shape index (κ2) is 4.70. The van der Waals surface area contributed by atoms with Crippen LogP contribution in [-0.4, -0.2) is 6.54 Å². The van der Waals surface area contributed by atoms with Gasteiger partial charge in [-0.25, -0.2) is 0 Å². The maximum atomic E-state index is 9.13. The summed E-state index contributed by atoms with van der Waals surface area (Å²) in [6, 6.07) is 8.07. The lowest BCUT2D eigenvalue weighted by Crippen LogP contribution is -2.21. The van der Waals surface area contributed by atoms with Gasteiger partial charge in [0.1, 0.15) is 6.07 Å². The molecule has 0 atom stereocenters. The number of hydrogen-bond donors (Lipinski definition) is 1. The van der Waals surface area contributed by atoms with Crippen LogP contribution in [0.1, 0.15) is 32.3 Å². The molecule has 0 aromatic heterocycles. The van der Waals surface area contributed by atoms with Gasteiger partial charge in [0.15, 0.2) is 0 Å². The molecule has 1 aliphatic rings. The molecule has 90 valence electrons. The first-order valence-corrected chi connectivity index (χ1v) is 6.81. The van der Waals surface area contributed by atoms with Crippen LogP contribution in [0.25, 0.3) is 0 Å². The van der Waals surface area contributed by atoms with E-state index >= 15 is 0 Å². The smallest absolute Gasteiger partial charge is 0.103 e. The fraction of sp³-hybridized carbons (Fsp3) is 0.500. The Morgan fingerprint density at radius 2 is 2.18 bits per heavy atom. The number of rotatable bonds is 4. The Morgan fingerprint density at radius 3 is 2.71 bits per heavy atom. The average Bonchev–Trinajstić information content (AvgIpc) is 3.07. The van der Waals surface area contributed by atoms with E-state index in [9.17, 15) is 0 Å². The predicted molar refractivity (Wildman–Crippen MR) is 73.9 cm³/mol. The minimum absolute atomic E-state index is 0.453. The Morgan fingerprint density at radius 1 is 1.47 bits per heavy atom. The zero-order valence-corrected chi connectivity index (χ0v) is 11.8. The molecule has 0 heterocycles. The van der Waals surface area contributed by atoms with Gasteiger partial charge in [-0.05, 0) is 52.2 Å². The minimum atomic E-state index is 0.453. The molecule has 2 rings (SSSR count). The number of nitrogens with one attached hydrogen (secondary N) is 1. The van der Waals surface area contributed by atoms with Crippen molar-refractivity contribution in [1.29, 1.82) is 5.26 Å². The van der Waals surface area contributed by atoms with Gasteiger partial charge >= 0.3 is 0 Å². The summed E-state index contributed by atoms with van der Waals surface area (Å²) in [5, 5.41) is 12.6. The average molecular weight is 293 g/mol. The molecule has 0 saturated heterocycles. The molecule has 0 bridgehead atoms. The first-order valence-electron chi connectivity index (χ1n) is 6.01. The van der Waals surface area contributed by atoms with Crippen LogP contribution in [-0.2, 0) is 0 Å². The van der Waals surface area contributed by atoms with Crippen LogP contribution in [0.2, 0.25) is 0 Å². The molecule has 17 heavy (non-hydrogen) atoms. The number of halogens is 1. The number of anilines is 1. The van der Waals surface area contributed by atoms with Crippen molar-refractivity contribution in [1.82, 2.24) is 0 Å². The maximum Gasteiger partial charge on any atom is 0.103 e. The van der Waals surface area contributed by atoms with E-state index in [1.54, 1.807) is 0 Å². The molecular weight excluding hydrogens is 276 g/mol. The number of benzene rings is 1. The molecule has 1 aliphatic carbocycles. The van der Waals surface area contributed by atoms with Crippen molar-refractivity contribution in [3.63, 3.8) is 0 Å². The summed E-state index contributed by atoms with van der Waals surface area (Å²) in [7, 11) is 0. The van der Waals surface area contributed by atoms with Crippen molar-refractivity contribution in [3.8, 4) is 6.07 Å². The fourth-order valence-electron chi connectivity index (χ4n) is 2.18. The van der Waals surface area contributed by atoms with Crippen LogP contribution in [0.3, 0.4) is 0 Å². The van der Waals surface area contributed by atoms with E-state index in [2.05, 4.69) is 41.2 Å². The van der Waals surface area contributed by atoms with Crippen LogP contribution in [0.4, 0.5) is 5.69 Å². The van der Waals surface area contributed by atoms with E-state index in [1.165, 1.54) is 12.8 Å². The molecule has 1 saturated carbocycles. The van der Waals surface area contributed by atoms with Crippen LogP contribution in [0.5, 0.6) is 0 Å². The quantitative estimate of drug-likeness (QED) is 0.904. The van der Waals surface area contributed by atoms with Gasteiger partial charge < -0.3 is 5.32 Å². The van der Waals surface area contributed by atoms with Gasteiger partial charge in [0.05, 0.1) is 11.3 Å². The van der Waals surface area contributed by atoms with E-state index in [1.807, 2.05) is 18.2 Å². The molecule has 2 nitrogen and oxygen atoms in total. The Kier molecular flexibility index (Phi) is 3.44. The number of nitrogens with zero attached hydrogens (tertiary/aromatic N) is 1. The molecule has 0 amide bonds. The van der Waals surface area contributed by atoms with Crippen molar-refractivity contribution in [2.75, 3.05) is 11.9 Å². The van der Waals surface area contributed by atoms with Crippen molar-refractivity contribution >= 4 is 21.6 Å². The van der Waals surface area contributed by atoms with E-state index in [4.69, 9.17) is 5.26 Å². The molecule has 3 heteroatoms. The lowest BCUT2D eigenvalue weighted by molar-refractivity contribution is 0.380. The summed E-state index contributed by atoms with van der Waals surface area (Å²) in [4.78, 5) is 0. The summed E-state index contributed by atoms with van der Waals surface area (Å²) in [6.07, 6.45) is 2.60. The fourth-order valence-corrected chi connectivity index (χ4v) is 2.63. The third-order valence-corrected chi connectivity index (χ3v) is 4.53. The standard InChI is InChI=1S/C14H17BrN2/c1-10(2)14(6-7-14)9-17-13-5-3-4-12(15)11(13)8-16/h3-5,10,17H,6-7,9H2,1-2H3. The maximum absolute atomic E-state index is 9.13. The zero-order valence-electron chi connectivity index (χ0n) is 10.3. The molecule has 1 N–H and O–H groups in total. The van der Waals surface area contributed by atoms with Crippen LogP contribution >= 0.6 is 15.9 Å². The summed E-state index contributed by atoms with van der Waals surface area (Å²) < 4.78 is 0.861. The number of hydrogen-bond acceptors (Lipinski definition) is 2. The zero-order chi connectivity index (χ0) is 12.5. The van der Waals surface area contributed by atoms with Gasteiger partial charge in [0.25, 0.3) is 0 Å². The predicted octanol–water partition coefficient (Wildman–Crippen LogP) is 4.17. The largest absolute Gasteiger partial charge is 0.383 e. The summed E-state index contributed by atoms with van der Waals surface area (Å²) in [5.74, 6) is 0.702. The summed E-state index contributed by atoms with van der Waals surface area (Å²) in [6.45, 7) is 5.53. The van der Waals surface area contributed by atoms with Crippen molar-refractivity contribution in [3.05, 3.63) is 28.2 Å². The number of nitriles is 1. The Balaban J connectivity index is 2.10. The second-order valence-electron chi connectivity index (χ2n) is 5.14. The third-order valence-electron chi connectivity index (χ3n) is 3.87. The Labute approximate surface area is 111 Å². The first kappa shape index (κ1) is 12.4. The van der Waals surface area contributed by atoms with Gasteiger partial charge in [-0.15, -0.1) is 0 Å². The van der Waals surface area contributed by atoms with Gasteiger partial charge in [-0.2, -0.15) is 5.26 Å². The molecule has 1 aromatic rings. The third kappa shape index (κ3) is 2.47. The highest BCUT2D eigenvalue weighted by molar-refractivity contribution is 9.10. The van der Waals surface area contributed by atoms with Crippen LogP contribution in [0, 0.1) is 22.7 Å². The Bertz CT molecular complexity index is 456. The molecule has 0 spiro atoms. The molecule has 0 aliphatic heterocycles. The molecule has 1 aromatic carbocycles. The van der Waals surface area contributed by atoms with E-state index in [-0.39, 0.29) is 0 Å². The van der Waals surface area contributed by atoms with Gasteiger partial charge in [-0.1, -0.05) is 19.9 Å². The molecular formula is C14H17BrN2. The van der Waals surface area contributed by atoms with Gasteiger partial charge in [0.2, 0.25) is 0 Å². The van der Waals surface area contributed by atoms with Gasteiger partial charge in [0, 0.05) is 11.0 Å². The molecule has 0 radical (unpaired) electrons. The minimum Gasteiger partial charge on any atom is -0.383 e. The van der Waals surface area contributed by atoms with Crippen molar-refractivity contribution in [2.24, 2.45) is 11.3 Å². The SMILES string of the molecule is CC(C)C1(CNc2cccc(Br)c2C#N)CC1. The van der Waals surface area contributed by atoms with E-state index in [0.717, 1.165) is 16.7 Å². The van der Waals surface area contributed by atoms with Crippen molar-refractivity contribution < 1.29 is 0 Å². The van der Waals surface area contributed by atoms with Gasteiger partial charge in [-0.3, -0.25) is 0 Å². The highest BCUT2D eigenvalue weighted by atomic mass is 79.9. The lowest BCUT2D eigenvalue weighted by atomic mass is 9.92. The van der Waals surface area contributed by atoms with Crippen LogP contribution < -0.4 is 5.32 Å². The summed E-state index contributed by atoms with van der Waals surface area (Å²) in [5.41, 5.74) is 2.09. The monoisotopic (exact) mass is 292 g/mol. The normalized spacial score (nSPS) is 16.6. The highest BCUT2D eigenvalue weighted by Crippen LogP contribution is 2.51. The highest BCUT2D eigenvalue weighted by Gasteiger charge is 2.44. The first-order chi connectivity index (χ1) is 8.09. The van der Waals surface area contributed by atoms with Crippen molar-refractivity contribution in [2.45, 2.75) is 26.7 Å². The topological polar surface area (TPSA) is 35.8 Å². The molecule has 0 unspecified atom stereocenters.